The molecule has 0 heterocycles. The fourth-order valence-corrected chi connectivity index (χ4v) is 1.86. The van der Waals surface area contributed by atoms with E-state index in [2.05, 4.69) is 6.92 Å². The van der Waals surface area contributed by atoms with Gasteiger partial charge in [-0.15, -0.1) is 0 Å². The zero-order chi connectivity index (χ0) is 8.60. The first kappa shape index (κ1) is 7.81. The van der Waals surface area contributed by atoms with Crippen LogP contribution in [0.5, 0.6) is 0 Å². The van der Waals surface area contributed by atoms with Crippen LogP contribution in [0.2, 0.25) is 0 Å². The van der Waals surface area contributed by atoms with Crippen molar-refractivity contribution < 1.29 is 5.11 Å². The SMILES string of the molecule is CC1CCC1(O)c1ccccc1. The third-order valence-corrected chi connectivity index (χ3v) is 3.05. The maximum absolute atomic E-state index is 10.1. The van der Waals surface area contributed by atoms with E-state index in [4.69, 9.17) is 0 Å². The van der Waals surface area contributed by atoms with Gasteiger partial charge in [0.2, 0.25) is 0 Å². The Morgan fingerprint density at radius 2 is 2.00 bits per heavy atom. The van der Waals surface area contributed by atoms with Crippen LogP contribution < -0.4 is 0 Å². The van der Waals surface area contributed by atoms with Crippen molar-refractivity contribution in [1.29, 1.82) is 0 Å². The van der Waals surface area contributed by atoms with Gasteiger partial charge in [0.15, 0.2) is 0 Å². The minimum atomic E-state index is -0.527. The first-order valence-electron chi connectivity index (χ1n) is 4.51. The molecule has 1 N–H and O–H groups in total. The number of hydrogen-bond donors (Lipinski definition) is 1. The van der Waals surface area contributed by atoms with Gasteiger partial charge in [-0.2, -0.15) is 0 Å². The van der Waals surface area contributed by atoms with E-state index in [1.54, 1.807) is 0 Å². The molecule has 1 aromatic carbocycles. The molecule has 1 nitrogen and oxygen atoms in total. The highest BCUT2D eigenvalue weighted by atomic mass is 16.3. The Labute approximate surface area is 73.0 Å². The molecule has 0 spiro atoms. The van der Waals surface area contributed by atoms with Crippen molar-refractivity contribution in [2.75, 3.05) is 0 Å². The molecule has 0 aliphatic heterocycles. The molecule has 64 valence electrons. The maximum atomic E-state index is 10.1. The molecule has 1 aliphatic carbocycles. The van der Waals surface area contributed by atoms with E-state index in [1.165, 1.54) is 0 Å². The van der Waals surface area contributed by atoms with Crippen LogP contribution in [0.4, 0.5) is 0 Å². The topological polar surface area (TPSA) is 20.2 Å². The zero-order valence-corrected chi connectivity index (χ0v) is 7.33. The Bertz CT molecular complexity index is 268. The van der Waals surface area contributed by atoms with Crippen LogP contribution in [0.15, 0.2) is 30.3 Å². The molecule has 0 radical (unpaired) electrons. The van der Waals surface area contributed by atoms with E-state index in [9.17, 15) is 5.11 Å². The van der Waals surface area contributed by atoms with Crippen molar-refractivity contribution in [3.8, 4) is 0 Å². The molecular weight excluding hydrogens is 148 g/mol. The summed E-state index contributed by atoms with van der Waals surface area (Å²) in [5.41, 5.74) is 0.546. The van der Waals surface area contributed by atoms with Gasteiger partial charge >= 0.3 is 0 Å². The highest BCUT2D eigenvalue weighted by molar-refractivity contribution is 5.25. The normalized spacial score (nSPS) is 34.3. The molecular formula is C11H14O. The summed E-state index contributed by atoms with van der Waals surface area (Å²) in [6, 6.07) is 9.97. The second-order valence-corrected chi connectivity index (χ2v) is 3.73. The summed E-state index contributed by atoms with van der Waals surface area (Å²) in [5, 5.41) is 10.1. The number of benzene rings is 1. The van der Waals surface area contributed by atoms with Gasteiger partial charge in [-0.25, -0.2) is 0 Å². The summed E-state index contributed by atoms with van der Waals surface area (Å²) >= 11 is 0. The van der Waals surface area contributed by atoms with Gasteiger partial charge in [0.25, 0.3) is 0 Å². The van der Waals surface area contributed by atoms with Crippen molar-refractivity contribution in [3.05, 3.63) is 35.9 Å². The van der Waals surface area contributed by atoms with Gasteiger partial charge in [-0.05, 0) is 24.3 Å². The van der Waals surface area contributed by atoms with Crippen molar-refractivity contribution in [1.82, 2.24) is 0 Å². The van der Waals surface area contributed by atoms with Crippen LogP contribution in [-0.2, 0) is 5.60 Å². The standard InChI is InChI=1S/C11H14O/c1-9-7-8-11(9,12)10-5-3-2-4-6-10/h2-6,9,12H,7-8H2,1H3. The first-order valence-corrected chi connectivity index (χ1v) is 4.51. The van der Waals surface area contributed by atoms with E-state index >= 15 is 0 Å². The van der Waals surface area contributed by atoms with Crippen LogP contribution in [0.3, 0.4) is 0 Å². The smallest absolute Gasteiger partial charge is 0.0922 e. The lowest BCUT2D eigenvalue weighted by Gasteiger charge is -2.44. The number of hydrogen-bond acceptors (Lipinski definition) is 1. The molecule has 1 saturated carbocycles. The van der Waals surface area contributed by atoms with Crippen molar-refractivity contribution in [2.45, 2.75) is 25.4 Å². The first-order chi connectivity index (χ1) is 5.73. The van der Waals surface area contributed by atoms with E-state index in [0.29, 0.717) is 5.92 Å². The lowest BCUT2D eigenvalue weighted by Crippen LogP contribution is -2.42. The summed E-state index contributed by atoms with van der Waals surface area (Å²) < 4.78 is 0. The summed E-state index contributed by atoms with van der Waals surface area (Å²) in [6.45, 7) is 2.11. The summed E-state index contributed by atoms with van der Waals surface area (Å²) in [5.74, 6) is 0.417. The van der Waals surface area contributed by atoms with Crippen LogP contribution in [0.1, 0.15) is 25.3 Å². The molecule has 12 heavy (non-hydrogen) atoms. The Kier molecular flexibility index (Phi) is 1.69. The number of rotatable bonds is 1. The molecule has 2 rings (SSSR count). The summed E-state index contributed by atoms with van der Waals surface area (Å²) in [7, 11) is 0. The van der Waals surface area contributed by atoms with Crippen LogP contribution in [0.25, 0.3) is 0 Å². The fourth-order valence-electron chi connectivity index (χ4n) is 1.86. The van der Waals surface area contributed by atoms with Crippen molar-refractivity contribution in [3.63, 3.8) is 0 Å². The Morgan fingerprint density at radius 1 is 1.33 bits per heavy atom. The molecule has 1 aliphatic rings. The van der Waals surface area contributed by atoms with E-state index in [1.807, 2.05) is 30.3 Å². The quantitative estimate of drug-likeness (QED) is 0.671. The van der Waals surface area contributed by atoms with Gasteiger partial charge in [0.1, 0.15) is 0 Å². The maximum Gasteiger partial charge on any atom is 0.0922 e. The van der Waals surface area contributed by atoms with Gasteiger partial charge in [-0.1, -0.05) is 37.3 Å². The average molecular weight is 162 g/mol. The average Bonchev–Trinajstić information content (AvgIpc) is 2.16. The number of aliphatic hydroxyl groups is 1. The van der Waals surface area contributed by atoms with Gasteiger partial charge in [0, 0.05) is 0 Å². The Morgan fingerprint density at radius 3 is 2.42 bits per heavy atom. The second-order valence-electron chi connectivity index (χ2n) is 3.73. The molecule has 1 heteroatoms. The van der Waals surface area contributed by atoms with Crippen LogP contribution in [-0.4, -0.2) is 5.11 Å². The van der Waals surface area contributed by atoms with Gasteiger partial charge in [-0.3, -0.25) is 0 Å². The van der Waals surface area contributed by atoms with Crippen LogP contribution in [0, 0.1) is 5.92 Å². The molecule has 1 fully saturated rings. The third-order valence-electron chi connectivity index (χ3n) is 3.05. The molecule has 2 atom stereocenters. The zero-order valence-electron chi connectivity index (χ0n) is 7.33. The summed E-state index contributed by atoms with van der Waals surface area (Å²) in [4.78, 5) is 0. The predicted octanol–water partition coefficient (Wildman–Crippen LogP) is 2.30. The third kappa shape index (κ3) is 0.969. The molecule has 0 bridgehead atoms. The minimum absolute atomic E-state index is 0.417. The lowest BCUT2D eigenvalue weighted by atomic mass is 9.67. The highest BCUT2D eigenvalue weighted by Crippen LogP contribution is 2.45. The summed E-state index contributed by atoms with van der Waals surface area (Å²) in [6.07, 6.45) is 2.06. The largest absolute Gasteiger partial charge is 0.385 e. The highest BCUT2D eigenvalue weighted by Gasteiger charge is 2.43. The predicted molar refractivity (Wildman–Crippen MR) is 48.7 cm³/mol. The second kappa shape index (κ2) is 2.60. The Balaban J connectivity index is 2.31. The van der Waals surface area contributed by atoms with E-state index in [-0.39, 0.29) is 0 Å². The molecule has 0 amide bonds. The Hall–Kier alpha value is -0.820. The molecule has 0 saturated heterocycles. The van der Waals surface area contributed by atoms with E-state index < -0.39 is 5.60 Å². The molecule has 0 aromatic heterocycles. The van der Waals surface area contributed by atoms with Gasteiger partial charge < -0.3 is 5.11 Å². The van der Waals surface area contributed by atoms with E-state index in [0.717, 1.165) is 18.4 Å². The monoisotopic (exact) mass is 162 g/mol. The van der Waals surface area contributed by atoms with Crippen LogP contribution >= 0.6 is 0 Å². The minimum Gasteiger partial charge on any atom is -0.385 e. The molecule has 1 aromatic rings. The fraction of sp³-hybridized carbons (Fsp3) is 0.455. The lowest BCUT2D eigenvalue weighted by molar-refractivity contribution is -0.0930. The van der Waals surface area contributed by atoms with Crippen molar-refractivity contribution in [2.24, 2.45) is 5.92 Å². The molecule has 2 unspecified atom stereocenters. The van der Waals surface area contributed by atoms with Crippen molar-refractivity contribution >= 4 is 0 Å². The van der Waals surface area contributed by atoms with Gasteiger partial charge in [0.05, 0.1) is 5.60 Å².